The van der Waals surface area contributed by atoms with Crippen LogP contribution in [-0.4, -0.2) is 37.1 Å². The lowest BCUT2D eigenvalue weighted by atomic mass is 10.0. The van der Waals surface area contributed by atoms with E-state index in [0.29, 0.717) is 0 Å². The van der Waals surface area contributed by atoms with Crippen molar-refractivity contribution in [1.82, 2.24) is 9.88 Å². The number of nitrogens with zero attached hydrogens (tertiary/aromatic N) is 2. The summed E-state index contributed by atoms with van der Waals surface area (Å²) in [5.74, 6) is 0. The third kappa shape index (κ3) is 2.99. The molecular formula is C14H19BrN2O. The summed E-state index contributed by atoms with van der Waals surface area (Å²) in [6.07, 6.45) is 5.34. The van der Waals surface area contributed by atoms with Gasteiger partial charge >= 0.3 is 0 Å². The van der Waals surface area contributed by atoms with E-state index in [0.717, 1.165) is 29.7 Å². The average Bonchev–Trinajstić information content (AvgIpc) is 2.38. The fourth-order valence-electron chi connectivity index (χ4n) is 2.07. The average molecular weight is 311 g/mol. The van der Waals surface area contributed by atoms with Crippen LogP contribution >= 0.6 is 15.9 Å². The molecule has 98 valence electrons. The lowest BCUT2D eigenvalue weighted by molar-refractivity contribution is 0.115. The summed E-state index contributed by atoms with van der Waals surface area (Å²) in [5, 5.41) is 0. The first-order valence-electron chi connectivity index (χ1n) is 6.18. The lowest BCUT2D eigenvalue weighted by Crippen LogP contribution is -2.23. The minimum Gasteiger partial charge on any atom is -0.375 e. The molecule has 1 aliphatic rings. The summed E-state index contributed by atoms with van der Waals surface area (Å²) < 4.78 is 6.33. The number of hydrogen-bond donors (Lipinski definition) is 0. The van der Waals surface area contributed by atoms with Gasteiger partial charge in [-0.25, -0.2) is 0 Å². The molecule has 18 heavy (non-hydrogen) atoms. The normalized spacial score (nSPS) is 18.6. The second kappa shape index (κ2) is 5.95. The Morgan fingerprint density at radius 2 is 2.28 bits per heavy atom. The zero-order valence-corrected chi connectivity index (χ0v) is 12.7. The number of aromatic nitrogens is 1. The van der Waals surface area contributed by atoms with Gasteiger partial charge in [0.25, 0.3) is 0 Å². The van der Waals surface area contributed by atoms with Crippen molar-refractivity contribution in [2.45, 2.75) is 19.4 Å². The number of ether oxygens (including phenoxy) is 1. The summed E-state index contributed by atoms with van der Waals surface area (Å²) in [6, 6.07) is 2.15. The van der Waals surface area contributed by atoms with Gasteiger partial charge in [0.1, 0.15) is 0 Å². The van der Waals surface area contributed by atoms with Gasteiger partial charge in [-0.15, -0.1) is 0 Å². The van der Waals surface area contributed by atoms with E-state index in [1.807, 2.05) is 13.1 Å². The monoisotopic (exact) mass is 310 g/mol. The van der Waals surface area contributed by atoms with Crippen molar-refractivity contribution in [2.75, 3.05) is 27.2 Å². The van der Waals surface area contributed by atoms with Gasteiger partial charge in [-0.1, -0.05) is 6.08 Å². The van der Waals surface area contributed by atoms with Crippen LogP contribution in [0.2, 0.25) is 0 Å². The topological polar surface area (TPSA) is 25.4 Å². The fourth-order valence-corrected chi connectivity index (χ4v) is 2.74. The van der Waals surface area contributed by atoms with E-state index in [1.54, 1.807) is 7.11 Å². The number of likely N-dealkylation sites (N-methyl/N-ethyl adjacent to an activating group) is 1. The first-order valence-corrected chi connectivity index (χ1v) is 6.97. The Morgan fingerprint density at radius 3 is 2.83 bits per heavy atom. The first-order chi connectivity index (χ1) is 8.61. The number of hydrogen-bond acceptors (Lipinski definition) is 3. The van der Waals surface area contributed by atoms with Crippen LogP contribution in [0.15, 0.2) is 22.8 Å². The molecule has 0 saturated carbocycles. The van der Waals surface area contributed by atoms with Crippen LogP contribution in [0.1, 0.15) is 30.7 Å². The smallest absolute Gasteiger partial charge is 0.0974 e. The van der Waals surface area contributed by atoms with Gasteiger partial charge in [0.15, 0.2) is 0 Å². The van der Waals surface area contributed by atoms with Crippen molar-refractivity contribution in [2.24, 2.45) is 0 Å². The quantitative estimate of drug-likeness (QED) is 0.857. The van der Waals surface area contributed by atoms with Gasteiger partial charge in [0.05, 0.1) is 11.8 Å². The third-order valence-corrected chi connectivity index (χ3v) is 4.03. The number of halogens is 1. The Bertz CT molecular complexity index is 459. The number of rotatable bonds is 3. The number of methoxy groups -OCH3 is 1. The van der Waals surface area contributed by atoms with Gasteiger partial charge < -0.3 is 9.64 Å². The molecule has 1 aromatic rings. The second-order valence-electron chi connectivity index (χ2n) is 4.71. The van der Waals surface area contributed by atoms with Gasteiger partial charge in [0, 0.05) is 30.9 Å². The molecule has 0 aliphatic carbocycles. The van der Waals surface area contributed by atoms with Gasteiger partial charge in [-0.2, -0.15) is 0 Å². The van der Waals surface area contributed by atoms with Crippen molar-refractivity contribution < 1.29 is 4.74 Å². The highest BCUT2D eigenvalue weighted by Gasteiger charge is 2.14. The minimum absolute atomic E-state index is 0.0138. The van der Waals surface area contributed by atoms with Crippen molar-refractivity contribution in [3.05, 3.63) is 34.1 Å². The number of pyridine rings is 1. The van der Waals surface area contributed by atoms with Crippen LogP contribution in [0.25, 0.3) is 5.57 Å². The van der Waals surface area contributed by atoms with E-state index in [-0.39, 0.29) is 6.10 Å². The molecule has 0 unspecified atom stereocenters. The maximum atomic E-state index is 5.30. The van der Waals surface area contributed by atoms with E-state index in [9.17, 15) is 0 Å². The Labute approximate surface area is 117 Å². The maximum Gasteiger partial charge on any atom is 0.0974 e. The molecule has 0 aromatic carbocycles. The molecule has 3 nitrogen and oxygen atoms in total. The predicted molar refractivity (Wildman–Crippen MR) is 77.5 cm³/mol. The van der Waals surface area contributed by atoms with Crippen molar-refractivity contribution >= 4 is 21.5 Å². The molecule has 0 bridgehead atoms. The van der Waals surface area contributed by atoms with Crippen molar-refractivity contribution in [3.8, 4) is 0 Å². The highest BCUT2D eigenvalue weighted by molar-refractivity contribution is 9.10. The van der Waals surface area contributed by atoms with Gasteiger partial charge in [0.2, 0.25) is 0 Å². The van der Waals surface area contributed by atoms with Gasteiger partial charge in [-0.05, 0) is 53.5 Å². The Hall–Kier alpha value is -0.710. The molecule has 0 spiro atoms. The molecule has 1 aromatic heterocycles. The summed E-state index contributed by atoms with van der Waals surface area (Å²) in [5.41, 5.74) is 3.55. The summed E-state index contributed by atoms with van der Waals surface area (Å²) in [4.78, 5) is 6.83. The van der Waals surface area contributed by atoms with Crippen LogP contribution < -0.4 is 0 Å². The Kier molecular flexibility index (Phi) is 4.54. The van der Waals surface area contributed by atoms with E-state index < -0.39 is 0 Å². The van der Waals surface area contributed by atoms with E-state index in [1.165, 1.54) is 11.1 Å². The summed E-state index contributed by atoms with van der Waals surface area (Å²) in [6.45, 7) is 4.13. The molecule has 1 atom stereocenters. The first kappa shape index (κ1) is 13.7. The molecule has 2 heterocycles. The Balaban J connectivity index is 2.24. The SMILES string of the molecule is CO[C@@H](C)c1ncc(C2=CCN(C)CC2)cc1Br. The third-order valence-electron chi connectivity index (χ3n) is 3.39. The molecule has 2 rings (SSSR count). The van der Waals surface area contributed by atoms with Crippen LogP contribution in [0.5, 0.6) is 0 Å². The van der Waals surface area contributed by atoms with Gasteiger partial charge in [-0.3, -0.25) is 4.98 Å². The predicted octanol–water partition coefficient (Wildman–Crippen LogP) is 3.27. The zero-order chi connectivity index (χ0) is 13.1. The van der Waals surface area contributed by atoms with E-state index in [2.05, 4.69) is 45.0 Å². The molecule has 0 N–H and O–H groups in total. The van der Waals surface area contributed by atoms with Crippen molar-refractivity contribution in [1.29, 1.82) is 0 Å². The summed E-state index contributed by atoms with van der Waals surface area (Å²) >= 11 is 3.59. The highest BCUT2D eigenvalue weighted by Crippen LogP contribution is 2.28. The molecular weight excluding hydrogens is 292 g/mol. The van der Waals surface area contributed by atoms with E-state index >= 15 is 0 Å². The highest BCUT2D eigenvalue weighted by atomic mass is 79.9. The second-order valence-corrected chi connectivity index (χ2v) is 5.56. The molecule has 0 saturated heterocycles. The lowest BCUT2D eigenvalue weighted by Gasteiger charge is -2.22. The van der Waals surface area contributed by atoms with Crippen molar-refractivity contribution in [3.63, 3.8) is 0 Å². The summed E-state index contributed by atoms with van der Waals surface area (Å²) in [7, 11) is 3.84. The molecule has 0 fully saturated rings. The zero-order valence-electron chi connectivity index (χ0n) is 11.1. The maximum absolute atomic E-state index is 5.30. The standard InChI is InChI=1S/C14H19BrN2O/c1-10(18-3)14-13(15)8-12(9-16-14)11-4-6-17(2)7-5-11/h4,8-10H,5-7H2,1-3H3/t10-/m0/s1. The molecule has 0 radical (unpaired) electrons. The largest absolute Gasteiger partial charge is 0.375 e. The fraction of sp³-hybridized carbons (Fsp3) is 0.500. The minimum atomic E-state index is 0.0138. The Morgan fingerprint density at radius 1 is 1.50 bits per heavy atom. The molecule has 0 amide bonds. The van der Waals surface area contributed by atoms with Crippen LogP contribution in [-0.2, 0) is 4.74 Å². The van der Waals surface area contributed by atoms with Crippen LogP contribution in [0.4, 0.5) is 0 Å². The van der Waals surface area contributed by atoms with E-state index in [4.69, 9.17) is 4.74 Å². The van der Waals surface area contributed by atoms with Crippen LogP contribution in [0.3, 0.4) is 0 Å². The van der Waals surface area contributed by atoms with Crippen LogP contribution in [0, 0.1) is 0 Å². The molecule has 1 aliphatic heterocycles. The molecule has 4 heteroatoms.